The molecule has 6 heteroatoms. The second-order valence-electron chi connectivity index (χ2n) is 5.26. The number of carbonyl (C=O) groups excluding carboxylic acids is 1. The van der Waals surface area contributed by atoms with Gasteiger partial charge in [-0.05, 0) is 27.6 Å². The highest BCUT2D eigenvalue weighted by Gasteiger charge is 2.17. The Kier molecular flexibility index (Phi) is 3.88. The van der Waals surface area contributed by atoms with E-state index < -0.39 is 5.97 Å². The van der Waals surface area contributed by atoms with Crippen LogP contribution in [0.25, 0.3) is 21.5 Å². The van der Waals surface area contributed by atoms with Crippen molar-refractivity contribution in [3.63, 3.8) is 0 Å². The molecule has 0 aliphatic carbocycles. The molecule has 118 valence electrons. The highest BCUT2D eigenvalue weighted by Crippen LogP contribution is 2.29. The fourth-order valence-electron chi connectivity index (χ4n) is 2.72. The van der Waals surface area contributed by atoms with E-state index in [1.54, 1.807) is 0 Å². The van der Waals surface area contributed by atoms with Gasteiger partial charge in [0, 0.05) is 11.5 Å². The Morgan fingerprint density at radius 3 is 2.25 bits per heavy atom. The molecule has 0 amide bonds. The third kappa shape index (κ3) is 2.62. The van der Waals surface area contributed by atoms with Crippen LogP contribution in [0.2, 0.25) is 4.34 Å². The largest absolute Gasteiger partial charge is 0.455 e. The summed E-state index contributed by atoms with van der Waals surface area (Å²) in [4.78, 5) is 12.8. The van der Waals surface area contributed by atoms with Crippen molar-refractivity contribution < 1.29 is 9.53 Å². The SMILES string of the molecule is O=C(OCc1nnsc1Cl)c1c2ccccc2cc2ccccc12. The van der Waals surface area contributed by atoms with Gasteiger partial charge in [0.25, 0.3) is 0 Å². The Balaban J connectivity index is 1.81. The Labute approximate surface area is 146 Å². The first-order valence-corrected chi connectivity index (χ1v) is 8.43. The van der Waals surface area contributed by atoms with Gasteiger partial charge >= 0.3 is 5.97 Å². The molecule has 0 saturated heterocycles. The molecule has 1 aromatic heterocycles. The summed E-state index contributed by atoms with van der Waals surface area (Å²) in [5, 5.41) is 7.59. The average molecular weight is 355 g/mol. The fourth-order valence-corrected chi connectivity index (χ4v) is 3.32. The predicted molar refractivity (Wildman–Crippen MR) is 95.5 cm³/mol. The number of ether oxygens (including phenoxy) is 1. The van der Waals surface area contributed by atoms with Gasteiger partial charge in [-0.1, -0.05) is 64.6 Å². The Bertz CT molecular complexity index is 1010. The summed E-state index contributed by atoms with van der Waals surface area (Å²) in [5.41, 5.74) is 1.03. The number of fused-ring (bicyclic) bond motifs is 2. The van der Waals surface area contributed by atoms with Gasteiger partial charge in [0.05, 0.1) is 5.56 Å². The number of aromatic nitrogens is 2. The first kappa shape index (κ1) is 15.1. The van der Waals surface area contributed by atoms with E-state index in [1.807, 2.05) is 48.5 Å². The van der Waals surface area contributed by atoms with Gasteiger partial charge in [-0.2, -0.15) is 0 Å². The lowest BCUT2D eigenvalue weighted by Crippen LogP contribution is -2.07. The summed E-state index contributed by atoms with van der Waals surface area (Å²) < 4.78 is 9.63. The predicted octanol–water partition coefficient (Wildman–Crippen LogP) is 4.85. The Morgan fingerprint density at radius 1 is 1.04 bits per heavy atom. The minimum atomic E-state index is -0.396. The normalized spacial score (nSPS) is 11.0. The average Bonchev–Trinajstić information content (AvgIpc) is 3.02. The van der Waals surface area contributed by atoms with Gasteiger partial charge in [0.1, 0.15) is 16.6 Å². The molecule has 0 aliphatic rings. The number of halogens is 1. The first-order valence-electron chi connectivity index (χ1n) is 7.28. The Morgan fingerprint density at radius 2 is 1.67 bits per heavy atom. The van der Waals surface area contributed by atoms with E-state index >= 15 is 0 Å². The highest BCUT2D eigenvalue weighted by atomic mass is 35.5. The van der Waals surface area contributed by atoms with Crippen molar-refractivity contribution in [1.82, 2.24) is 9.59 Å². The van der Waals surface area contributed by atoms with E-state index in [-0.39, 0.29) is 6.61 Å². The molecule has 4 rings (SSSR count). The van der Waals surface area contributed by atoms with Crippen LogP contribution in [0.4, 0.5) is 0 Å². The van der Waals surface area contributed by atoms with Crippen LogP contribution in [-0.2, 0) is 11.3 Å². The molecule has 3 aromatic carbocycles. The monoisotopic (exact) mass is 354 g/mol. The van der Waals surface area contributed by atoms with Crippen LogP contribution in [0.1, 0.15) is 16.1 Å². The molecule has 1 heterocycles. The van der Waals surface area contributed by atoms with Crippen LogP contribution in [-0.4, -0.2) is 15.6 Å². The topological polar surface area (TPSA) is 52.1 Å². The first-order chi connectivity index (χ1) is 11.7. The van der Waals surface area contributed by atoms with Crippen molar-refractivity contribution in [2.45, 2.75) is 6.61 Å². The van der Waals surface area contributed by atoms with Crippen molar-refractivity contribution in [2.75, 3.05) is 0 Å². The molecule has 4 nitrogen and oxygen atoms in total. The standard InChI is InChI=1S/C18H11ClN2O2S/c19-17-15(20-21-24-17)10-23-18(22)16-13-7-3-1-5-11(13)9-12-6-2-4-8-14(12)16/h1-9H,10H2. The van der Waals surface area contributed by atoms with Gasteiger partial charge in [-0.3, -0.25) is 0 Å². The number of nitrogens with zero attached hydrogens (tertiary/aromatic N) is 2. The summed E-state index contributed by atoms with van der Waals surface area (Å²) >= 11 is 7.03. The molecule has 0 atom stereocenters. The molecule has 0 bridgehead atoms. The van der Waals surface area contributed by atoms with E-state index in [4.69, 9.17) is 16.3 Å². The van der Waals surface area contributed by atoms with Crippen LogP contribution in [0.3, 0.4) is 0 Å². The molecule has 0 unspecified atom stereocenters. The molecular weight excluding hydrogens is 344 g/mol. The maximum absolute atomic E-state index is 12.8. The lowest BCUT2D eigenvalue weighted by molar-refractivity contribution is 0.0472. The molecule has 0 radical (unpaired) electrons. The highest BCUT2D eigenvalue weighted by molar-refractivity contribution is 7.10. The minimum Gasteiger partial charge on any atom is -0.455 e. The molecule has 0 N–H and O–H groups in total. The second kappa shape index (κ2) is 6.19. The van der Waals surface area contributed by atoms with Crippen molar-refractivity contribution in [1.29, 1.82) is 0 Å². The number of benzene rings is 3. The van der Waals surface area contributed by atoms with Gasteiger partial charge in [0.15, 0.2) is 0 Å². The third-order valence-corrected chi connectivity index (χ3v) is 4.81. The molecule has 0 fully saturated rings. The lowest BCUT2D eigenvalue weighted by Gasteiger charge is -2.11. The second-order valence-corrected chi connectivity index (χ2v) is 6.62. The van der Waals surface area contributed by atoms with Crippen LogP contribution in [0.15, 0.2) is 54.6 Å². The minimum absolute atomic E-state index is 0.00567. The van der Waals surface area contributed by atoms with E-state index in [1.165, 1.54) is 0 Å². The lowest BCUT2D eigenvalue weighted by atomic mass is 9.97. The van der Waals surface area contributed by atoms with E-state index in [0.717, 1.165) is 33.1 Å². The van der Waals surface area contributed by atoms with Crippen LogP contribution in [0.5, 0.6) is 0 Å². The number of hydrogen-bond donors (Lipinski definition) is 0. The molecule has 0 aliphatic heterocycles. The van der Waals surface area contributed by atoms with Crippen molar-refractivity contribution >= 4 is 50.6 Å². The zero-order chi connectivity index (χ0) is 16.5. The Hall–Kier alpha value is -2.50. The van der Waals surface area contributed by atoms with Gasteiger partial charge in [-0.15, -0.1) is 5.10 Å². The smallest absolute Gasteiger partial charge is 0.339 e. The molecule has 0 spiro atoms. The van der Waals surface area contributed by atoms with Gasteiger partial charge in [0.2, 0.25) is 0 Å². The van der Waals surface area contributed by atoms with Crippen LogP contribution < -0.4 is 0 Å². The summed E-state index contributed by atoms with van der Waals surface area (Å²) in [6, 6.07) is 17.6. The molecule has 24 heavy (non-hydrogen) atoms. The zero-order valence-electron chi connectivity index (χ0n) is 12.4. The zero-order valence-corrected chi connectivity index (χ0v) is 14.0. The summed E-state index contributed by atoms with van der Waals surface area (Å²) in [6.07, 6.45) is 0. The van der Waals surface area contributed by atoms with Crippen molar-refractivity contribution in [3.05, 3.63) is 70.2 Å². The quantitative estimate of drug-likeness (QED) is 0.389. The van der Waals surface area contributed by atoms with Crippen molar-refractivity contribution in [3.8, 4) is 0 Å². The van der Waals surface area contributed by atoms with Crippen LogP contribution >= 0.6 is 23.1 Å². The fraction of sp³-hybridized carbons (Fsp3) is 0.0556. The summed E-state index contributed by atoms with van der Waals surface area (Å²) in [7, 11) is 0. The van der Waals surface area contributed by atoms with Gasteiger partial charge < -0.3 is 4.74 Å². The van der Waals surface area contributed by atoms with Gasteiger partial charge in [-0.25, -0.2) is 4.79 Å². The van der Waals surface area contributed by atoms with E-state index in [9.17, 15) is 4.79 Å². The molecule has 4 aromatic rings. The molecule has 0 saturated carbocycles. The number of carbonyl (C=O) groups is 1. The third-order valence-electron chi connectivity index (χ3n) is 3.82. The van der Waals surface area contributed by atoms with Crippen LogP contribution in [0, 0.1) is 0 Å². The molecular formula is C18H11ClN2O2S. The maximum atomic E-state index is 12.8. The summed E-state index contributed by atoms with van der Waals surface area (Å²) in [5.74, 6) is -0.396. The maximum Gasteiger partial charge on any atom is 0.339 e. The number of esters is 1. The number of rotatable bonds is 3. The number of hydrogen-bond acceptors (Lipinski definition) is 5. The van der Waals surface area contributed by atoms with E-state index in [0.29, 0.717) is 15.6 Å². The van der Waals surface area contributed by atoms with E-state index in [2.05, 4.69) is 15.7 Å². The summed E-state index contributed by atoms with van der Waals surface area (Å²) in [6.45, 7) is 0.00567. The van der Waals surface area contributed by atoms with Crippen molar-refractivity contribution in [2.24, 2.45) is 0 Å².